The Hall–Kier alpha value is -1.24. The van der Waals surface area contributed by atoms with Gasteiger partial charge in [-0.25, -0.2) is 0 Å². The van der Waals surface area contributed by atoms with Gasteiger partial charge in [0.1, 0.15) is 12.4 Å². The van der Waals surface area contributed by atoms with Crippen LogP contribution in [0.5, 0.6) is 5.75 Å². The number of hydrogen-bond acceptors (Lipinski definition) is 1. The molecule has 0 fully saturated rings. The zero-order valence-electron chi connectivity index (χ0n) is 9.74. The highest BCUT2D eigenvalue weighted by Gasteiger charge is 2.11. The number of rotatable bonds is 5. The Morgan fingerprint density at radius 1 is 1.12 bits per heavy atom. The summed E-state index contributed by atoms with van der Waals surface area (Å²) in [6.45, 7) is 4.60. The number of allylic oxidation sites excluding steroid dienone is 1. The summed E-state index contributed by atoms with van der Waals surface area (Å²) >= 11 is 0. The molecule has 0 aliphatic carbocycles. The van der Waals surface area contributed by atoms with Gasteiger partial charge in [0.15, 0.2) is 0 Å². The molecule has 1 nitrogen and oxygen atoms in total. The van der Waals surface area contributed by atoms with E-state index in [-0.39, 0.29) is 0 Å². The zero-order valence-corrected chi connectivity index (χ0v) is 9.74. The summed E-state index contributed by atoms with van der Waals surface area (Å²) in [5.41, 5.74) is 2.73. The molecule has 16 heavy (non-hydrogen) atoms. The van der Waals surface area contributed by atoms with E-state index in [1.165, 1.54) is 36.8 Å². The van der Waals surface area contributed by atoms with Crippen LogP contribution in [0.2, 0.25) is 0 Å². The summed E-state index contributed by atoms with van der Waals surface area (Å²) in [4.78, 5) is 0. The van der Waals surface area contributed by atoms with Crippen LogP contribution >= 0.6 is 0 Å². The van der Waals surface area contributed by atoms with Crippen LogP contribution in [0.25, 0.3) is 5.57 Å². The topological polar surface area (TPSA) is 9.23 Å². The third kappa shape index (κ3) is 2.66. The van der Waals surface area contributed by atoms with Crippen LogP contribution in [0, 0.1) is 6.92 Å². The Kier molecular flexibility index (Phi) is 4.03. The standard InChI is InChI=1S/C15H19O/c1-2-3-4-5-8-13-11-12-16-15-10-7-6-9-14(13)15/h6-7,9-11H,1-5,8,12H2. The van der Waals surface area contributed by atoms with E-state index in [0.29, 0.717) is 0 Å². The molecule has 85 valence electrons. The molecule has 0 unspecified atom stereocenters. The van der Waals surface area contributed by atoms with Gasteiger partial charge in [-0.2, -0.15) is 0 Å². The van der Waals surface area contributed by atoms with E-state index >= 15 is 0 Å². The second kappa shape index (κ2) is 5.74. The summed E-state index contributed by atoms with van der Waals surface area (Å²) in [6.07, 6.45) is 8.22. The summed E-state index contributed by atoms with van der Waals surface area (Å²) in [5.74, 6) is 1.04. The first-order chi connectivity index (χ1) is 7.92. The third-order valence-electron chi connectivity index (χ3n) is 3.00. The Bertz CT molecular complexity index is 365. The van der Waals surface area contributed by atoms with Gasteiger partial charge in [0.2, 0.25) is 0 Å². The van der Waals surface area contributed by atoms with Gasteiger partial charge in [-0.05, 0) is 30.6 Å². The molecule has 1 aromatic carbocycles. The van der Waals surface area contributed by atoms with E-state index in [0.717, 1.165) is 18.8 Å². The van der Waals surface area contributed by atoms with Crippen molar-refractivity contribution in [3.63, 3.8) is 0 Å². The van der Waals surface area contributed by atoms with Crippen molar-refractivity contribution in [1.29, 1.82) is 0 Å². The van der Waals surface area contributed by atoms with Gasteiger partial charge in [-0.3, -0.25) is 0 Å². The molecular weight excluding hydrogens is 196 g/mol. The number of ether oxygens (including phenoxy) is 1. The fourth-order valence-corrected chi connectivity index (χ4v) is 2.11. The zero-order chi connectivity index (χ0) is 11.2. The van der Waals surface area contributed by atoms with Gasteiger partial charge in [-0.15, -0.1) is 0 Å². The summed E-state index contributed by atoms with van der Waals surface area (Å²) in [7, 11) is 0. The molecule has 0 saturated carbocycles. The second-order valence-electron chi connectivity index (χ2n) is 4.20. The van der Waals surface area contributed by atoms with E-state index in [1.807, 2.05) is 6.07 Å². The molecule has 0 atom stereocenters. The van der Waals surface area contributed by atoms with Crippen molar-refractivity contribution in [2.45, 2.75) is 32.1 Å². The predicted octanol–water partition coefficient (Wildman–Crippen LogP) is 4.25. The van der Waals surface area contributed by atoms with Crippen LogP contribution in [0.4, 0.5) is 0 Å². The molecule has 0 saturated heterocycles. The summed E-state index contributed by atoms with van der Waals surface area (Å²) < 4.78 is 5.59. The highest BCUT2D eigenvalue weighted by molar-refractivity contribution is 5.71. The molecule has 1 radical (unpaired) electrons. The quantitative estimate of drug-likeness (QED) is 0.667. The minimum atomic E-state index is 0.724. The van der Waals surface area contributed by atoms with Gasteiger partial charge in [0.05, 0.1) is 0 Å². The van der Waals surface area contributed by atoms with Crippen molar-refractivity contribution in [2.75, 3.05) is 6.61 Å². The minimum Gasteiger partial charge on any atom is -0.489 e. The average molecular weight is 215 g/mol. The molecule has 0 bridgehead atoms. The molecule has 0 aromatic heterocycles. The largest absolute Gasteiger partial charge is 0.489 e. The number of hydrogen-bond donors (Lipinski definition) is 0. The highest BCUT2D eigenvalue weighted by atomic mass is 16.5. The molecule has 0 spiro atoms. The lowest BCUT2D eigenvalue weighted by Crippen LogP contribution is -2.04. The second-order valence-corrected chi connectivity index (χ2v) is 4.20. The molecule has 1 aliphatic rings. The van der Waals surface area contributed by atoms with Crippen LogP contribution in [-0.4, -0.2) is 6.61 Å². The maximum Gasteiger partial charge on any atom is 0.127 e. The van der Waals surface area contributed by atoms with Gasteiger partial charge < -0.3 is 4.74 Å². The average Bonchev–Trinajstić information content (AvgIpc) is 2.35. The molecule has 1 aliphatic heterocycles. The SMILES string of the molecule is [CH2]CCCCCC1=CCOc2ccccc21. The lowest BCUT2D eigenvalue weighted by Gasteiger charge is -2.18. The lowest BCUT2D eigenvalue weighted by atomic mass is 9.97. The van der Waals surface area contributed by atoms with Crippen LogP contribution in [0.3, 0.4) is 0 Å². The maximum atomic E-state index is 5.59. The normalized spacial score (nSPS) is 13.9. The van der Waals surface area contributed by atoms with Crippen LogP contribution < -0.4 is 4.74 Å². The van der Waals surface area contributed by atoms with Crippen LogP contribution in [0.15, 0.2) is 30.3 Å². The van der Waals surface area contributed by atoms with E-state index in [1.54, 1.807) is 0 Å². The number of para-hydroxylation sites is 1. The van der Waals surface area contributed by atoms with Crippen molar-refractivity contribution >= 4 is 5.57 Å². The first-order valence-electron chi connectivity index (χ1n) is 6.12. The third-order valence-corrected chi connectivity index (χ3v) is 3.00. The van der Waals surface area contributed by atoms with Crippen molar-refractivity contribution in [1.82, 2.24) is 0 Å². The fraction of sp³-hybridized carbons (Fsp3) is 0.400. The Balaban J connectivity index is 1.97. The van der Waals surface area contributed by atoms with E-state index in [2.05, 4.69) is 31.2 Å². The van der Waals surface area contributed by atoms with E-state index < -0.39 is 0 Å². The first-order valence-corrected chi connectivity index (χ1v) is 6.12. The van der Waals surface area contributed by atoms with Crippen molar-refractivity contribution in [3.05, 3.63) is 42.8 Å². The molecule has 1 heteroatoms. The van der Waals surface area contributed by atoms with Crippen LogP contribution in [-0.2, 0) is 0 Å². The van der Waals surface area contributed by atoms with Gasteiger partial charge >= 0.3 is 0 Å². The molecule has 0 amide bonds. The monoisotopic (exact) mass is 215 g/mol. The van der Waals surface area contributed by atoms with Gasteiger partial charge in [-0.1, -0.05) is 44.4 Å². The van der Waals surface area contributed by atoms with Gasteiger partial charge in [0.25, 0.3) is 0 Å². The molecule has 1 heterocycles. The van der Waals surface area contributed by atoms with Gasteiger partial charge in [0, 0.05) is 5.56 Å². The smallest absolute Gasteiger partial charge is 0.127 e. The van der Waals surface area contributed by atoms with Crippen molar-refractivity contribution < 1.29 is 4.74 Å². The van der Waals surface area contributed by atoms with Crippen LogP contribution in [0.1, 0.15) is 37.7 Å². The fourth-order valence-electron chi connectivity index (χ4n) is 2.11. The van der Waals surface area contributed by atoms with E-state index in [4.69, 9.17) is 4.74 Å². The number of benzene rings is 1. The maximum absolute atomic E-state index is 5.59. The Labute approximate surface area is 98.1 Å². The molecule has 0 N–H and O–H groups in total. The molecule has 1 aromatic rings. The number of fused-ring (bicyclic) bond motifs is 1. The van der Waals surface area contributed by atoms with E-state index in [9.17, 15) is 0 Å². The summed E-state index contributed by atoms with van der Waals surface area (Å²) in [5, 5.41) is 0. The molecular formula is C15H19O. The molecule has 2 rings (SSSR count). The van der Waals surface area contributed by atoms with Crippen molar-refractivity contribution in [3.8, 4) is 5.75 Å². The summed E-state index contributed by atoms with van der Waals surface area (Å²) in [6, 6.07) is 8.32. The Morgan fingerprint density at radius 3 is 2.88 bits per heavy atom. The lowest BCUT2D eigenvalue weighted by molar-refractivity contribution is 0.356. The first kappa shape index (κ1) is 11.3. The van der Waals surface area contributed by atoms with Crippen molar-refractivity contribution in [2.24, 2.45) is 0 Å². The number of unbranched alkanes of at least 4 members (excludes halogenated alkanes) is 3. The predicted molar refractivity (Wildman–Crippen MR) is 68.4 cm³/mol. The Morgan fingerprint density at radius 2 is 2.00 bits per heavy atom. The highest BCUT2D eigenvalue weighted by Crippen LogP contribution is 2.32. The minimum absolute atomic E-state index is 0.724.